The number of carbonyl (C=O) groups is 1. The van der Waals surface area contributed by atoms with Gasteiger partial charge in [0.1, 0.15) is 5.75 Å². The third kappa shape index (κ3) is 6.04. The number of carbonyl (C=O) groups excluding carboxylic acids is 1. The van der Waals surface area contributed by atoms with E-state index in [-0.39, 0.29) is 10.7 Å². The Kier molecular flexibility index (Phi) is 7.06. The Balaban J connectivity index is 1.87. The number of thioether (sulfide) groups is 1. The standard InChI is InChI=1S/C25H27NO3S/c1-25(2,3)30-17-19-16-20(26-24(27)18-10-6-5-7-11-18)14-15-21(19)29-23-13-9-8-12-22(23)28-4/h5-16H,17H2,1-4H3,(H,26,27). The van der Waals surface area contributed by atoms with Crippen molar-refractivity contribution < 1.29 is 14.3 Å². The Morgan fingerprint density at radius 2 is 1.57 bits per heavy atom. The molecule has 0 fully saturated rings. The summed E-state index contributed by atoms with van der Waals surface area (Å²) >= 11 is 1.82. The molecule has 0 aliphatic rings. The van der Waals surface area contributed by atoms with Crippen LogP contribution in [0.15, 0.2) is 72.8 Å². The Hall–Kier alpha value is -2.92. The van der Waals surface area contributed by atoms with Crippen molar-refractivity contribution >= 4 is 23.4 Å². The van der Waals surface area contributed by atoms with E-state index in [1.807, 2.05) is 72.4 Å². The average molecular weight is 422 g/mol. The lowest BCUT2D eigenvalue weighted by Gasteiger charge is -2.20. The third-order valence-corrected chi connectivity index (χ3v) is 5.63. The summed E-state index contributed by atoms with van der Waals surface area (Å²) in [6.45, 7) is 6.54. The van der Waals surface area contributed by atoms with E-state index < -0.39 is 0 Å². The quantitative estimate of drug-likeness (QED) is 0.457. The molecule has 3 rings (SSSR count). The highest BCUT2D eigenvalue weighted by Gasteiger charge is 2.16. The zero-order valence-electron chi connectivity index (χ0n) is 17.8. The molecule has 0 unspecified atom stereocenters. The van der Waals surface area contributed by atoms with Gasteiger partial charge in [0, 0.05) is 27.3 Å². The van der Waals surface area contributed by atoms with Crippen molar-refractivity contribution in [3.05, 3.63) is 83.9 Å². The van der Waals surface area contributed by atoms with E-state index in [4.69, 9.17) is 9.47 Å². The van der Waals surface area contributed by atoms with Crippen LogP contribution in [0.5, 0.6) is 17.2 Å². The van der Waals surface area contributed by atoms with Crippen LogP contribution >= 0.6 is 11.8 Å². The van der Waals surface area contributed by atoms with Crippen LogP contribution < -0.4 is 14.8 Å². The van der Waals surface area contributed by atoms with Crippen molar-refractivity contribution in [3.63, 3.8) is 0 Å². The van der Waals surface area contributed by atoms with Crippen molar-refractivity contribution in [1.29, 1.82) is 0 Å². The molecule has 0 atom stereocenters. The van der Waals surface area contributed by atoms with Gasteiger partial charge in [-0.05, 0) is 42.5 Å². The molecule has 0 aromatic heterocycles. The smallest absolute Gasteiger partial charge is 0.255 e. The maximum Gasteiger partial charge on any atom is 0.255 e. The first kappa shape index (κ1) is 21.8. The second-order valence-electron chi connectivity index (χ2n) is 7.80. The van der Waals surface area contributed by atoms with Crippen molar-refractivity contribution in [3.8, 4) is 17.2 Å². The van der Waals surface area contributed by atoms with Gasteiger partial charge in [-0.15, -0.1) is 0 Å². The molecule has 0 bridgehead atoms. The molecule has 3 aromatic carbocycles. The molecule has 0 heterocycles. The monoisotopic (exact) mass is 421 g/mol. The minimum absolute atomic E-state index is 0.102. The summed E-state index contributed by atoms with van der Waals surface area (Å²) in [6, 6.07) is 22.5. The third-order valence-electron chi connectivity index (χ3n) is 4.30. The molecule has 3 aromatic rings. The number of para-hydroxylation sites is 2. The van der Waals surface area contributed by atoms with Gasteiger partial charge in [0.25, 0.3) is 5.91 Å². The predicted octanol–water partition coefficient (Wildman–Crippen LogP) is 6.77. The molecule has 1 amide bonds. The van der Waals surface area contributed by atoms with Gasteiger partial charge in [-0.2, -0.15) is 11.8 Å². The highest BCUT2D eigenvalue weighted by atomic mass is 32.2. The fourth-order valence-electron chi connectivity index (χ4n) is 2.78. The van der Waals surface area contributed by atoms with Crippen LogP contribution in [-0.4, -0.2) is 17.8 Å². The highest BCUT2D eigenvalue weighted by Crippen LogP contribution is 2.37. The first-order chi connectivity index (χ1) is 14.4. The number of amides is 1. The molecule has 0 saturated carbocycles. The maximum atomic E-state index is 12.5. The highest BCUT2D eigenvalue weighted by molar-refractivity contribution is 7.99. The van der Waals surface area contributed by atoms with Gasteiger partial charge in [-0.1, -0.05) is 51.1 Å². The molecular weight excluding hydrogens is 394 g/mol. The number of ether oxygens (including phenoxy) is 2. The number of methoxy groups -OCH3 is 1. The molecule has 1 N–H and O–H groups in total. The molecule has 0 aliphatic heterocycles. The Labute approximate surface area is 182 Å². The second-order valence-corrected chi connectivity index (χ2v) is 9.60. The van der Waals surface area contributed by atoms with Gasteiger partial charge >= 0.3 is 0 Å². The van der Waals surface area contributed by atoms with E-state index in [9.17, 15) is 4.79 Å². The van der Waals surface area contributed by atoms with E-state index in [0.717, 1.165) is 22.8 Å². The zero-order chi connectivity index (χ0) is 21.6. The van der Waals surface area contributed by atoms with Crippen LogP contribution in [-0.2, 0) is 5.75 Å². The molecule has 0 spiro atoms. The van der Waals surface area contributed by atoms with Crippen LogP contribution in [0, 0.1) is 0 Å². The van der Waals surface area contributed by atoms with Crippen LogP contribution in [0.25, 0.3) is 0 Å². The maximum absolute atomic E-state index is 12.5. The molecule has 0 radical (unpaired) electrons. The van der Waals surface area contributed by atoms with E-state index >= 15 is 0 Å². The van der Waals surface area contributed by atoms with Gasteiger partial charge < -0.3 is 14.8 Å². The Bertz CT molecular complexity index is 997. The lowest BCUT2D eigenvalue weighted by molar-refractivity contribution is 0.102. The summed E-state index contributed by atoms with van der Waals surface area (Å²) in [6.07, 6.45) is 0. The van der Waals surface area contributed by atoms with E-state index in [0.29, 0.717) is 17.1 Å². The van der Waals surface area contributed by atoms with Crippen molar-refractivity contribution in [2.24, 2.45) is 0 Å². The normalized spacial score (nSPS) is 11.1. The largest absolute Gasteiger partial charge is 0.493 e. The van der Waals surface area contributed by atoms with Gasteiger partial charge in [0.05, 0.1) is 7.11 Å². The summed E-state index contributed by atoms with van der Waals surface area (Å²) in [5.74, 6) is 2.69. The second kappa shape index (κ2) is 9.72. The number of hydrogen-bond acceptors (Lipinski definition) is 4. The van der Waals surface area contributed by atoms with Crippen LogP contribution in [0.1, 0.15) is 36.7 Å². The van der Waals surface area contributed by atoms with Gasteiger partial charge in [-0.25, -0.2) is 0 Å². The lowest BCUT2D eigenvalue weighted by atomic mass is 10.1. The van der Waals surface area contributed by atoms with E-state index in [1.54, 1.807) is 19.2 Å². The minimum atomic E-state index is -0.136. The topological polar surface area (TPSA) is 47.6 Å². The predicted molar refractivity (Wildman–Crippen MR) is 125 cm³/mol. The molecule has 0 saturated heterocycles. The first-order valence-electron chi connectivity index (χ1n) is 9.80. The summed E-state index contributed by atoms with van der Waals surface area (Å²) in [5.41, 5.74) is 2.37. The van der Waals surface area contributed by atoms with Crippen molar-refractivity contribution in [2.75, 3.05) is 12.4 Å². The molecular formula is C25H27NO3S. The fraction of sp³-hybridized carbons (Fsp3) is 0.240. The van der Waals surface area contributed by atoms with Crippen LogP contribution in [0.3, 0.4) is 0 Å². The SMILES string of the molecule is COc1ccccc1Oc1ccc(NC(=O)c2ccccc2)cc1CSC(C)(C)C. The zero-order valence-corrected chi connectivity index (χ0v) is 18.6. The van der Waals surface area contributed by atoms with Crippen LogP contribution in [0.4, 0.5) is 5.69 Å². The molecule has 4 nitrogen and oxygen atoms in total. The number of hydrogen-bond donors (Lipinski definition) is 1. The van der Waals surface area contributed by atoms with Gasteiger partial charge in [-0.3, -0.25) is 4.79 Å². The summed E-state index contributed by atoms with van der Waals surface area (Å²) in [4.78, 5) is 12.5. The molecule has 0 aliphatic carbocycles. The fourth-order valence-corrected chi connectivity index (χ4v) is 3.59. The number of anilines is 1. The summed E-state index contributed by atoms with van der Waals surface area (Å²) in [5, 5.41) is 2.98. The number of nitrogens with one attached hydrogen (secondary N) is 1. The molecule has 5 heteroatoms. The Morgan fingerprint density at radius 3 is 2.23 bits per heavy atom. The van der Waals surface area contributed by atoms with Gasteiger partial charge in [0.15, 0.2) is 11.5 Å². The Morgan fingerprint density at radius 1 is 0.900 bits per heavy atom. The van der Waals surface area contributed by atoms with Crippen molar-refractivity contribution in [1.82, 2.24) is 0 Å². The first-order valence-corrected chi connectivity index (χ1v) is 10.8. The number of benzene rings is 3. The minimum Gasteiger partial charge on any atom is -0.493 e. The van der Waals surface area contributed by atoms with Crippen molar-refractivity contribution in [2.45, 2.75) is 31.3 Å². The van der Waals surface area contributed by atoms with Crippen LogP contribution in [0.2, 0.25) is 0 Å². The summed E-state index contributed by atoms with van der Waals surface area (Å²) in [7, 11) is 1.63. The number of rotatable bonds is 7. The molecule has 30 heavy (non-hydrogen) atoms. The lowest BCUT2D eigenvalue weighted by Crippen LogP contribution is -2.12. The van der Waals surface area contributed by atoms with E-state index in [1.165, 1.54) is 0 Å². The summed E-state index contributed by atoms with van der Waals surface area (Å²) < 4.78 is 11.7. The average Bonchev–Trinajstić information content (AvgIpc) is 2.74. The van der Waals surface area contributed by atoms with Gasteiger partial charge in [0.2, 0.25) is 0 Å². The van der Waals surface area contributed by atoms with E-state index in [2.05, 4.69) is 26.1 Å². The molecule has 156 valence electrons.